The van der Waals surface area contributed by atoms with E-state index >= 15 is 0 Å². The van der Waals surface area contributed by atoms with Crippen molar-refractivity contribution in [2.24, 2.45) is 0 Å². The quantitative estimate of drug-likeness (QED) is 0.587. The van der Waals surface area contributed by atoms with E-state index in [0.29, 0.717) is 12.3 Å². The van der Waals surface area contributed by atoms with Crippen molar-refractivity contribution in [2.45, 2.75) is 18.9 Å². The summed E-state index contributed by atoms with van der Waals surface area (Å²) in [6, 6.07) is -1.55. The zero-order chi connectivity index (χ0) is 13.4. The van der Waals surface area contributed by atoms with Crippen LogP contribution >= 0.6 is 0 Å². The number of urea groups is 1. The third-order valence-electron chi connectivity index (χ3n) is 2.04. The fraction of sp³-hybridized carbons (Fsp3) is 0.400. The fourth-order valence-electron chi connectivity index (χ4n) is 1.19. The monoisotopic (exact) mass is 254 g/mol. The summed E-state index contributed by atoms with van der Waals surface area (Å²) < 4.78 is 4.73. The van der Waals surface area contributed by atoms with Crippen molar-refractivity contribution in [3.05, 3.63) is 24.9 Å². The van der Waals surface area contributed by atoms with Crippen molar-refractivity contribution < 1.29 is 19.2 Å². The molecule has 18 heavy (non-hydrogen) atoms. The summed E-state index contributed by atoms with van der Waals surface area (Å²) in [5.41, 5.74) is 0. The standard InChI is InChI=1S/C10H14N4O4/c1-2-3-7(9(15)16)14-10(17)11-5-4-8-12-6-13-18-8/h2,6-7H,1,3-5H2,(H,15,16)(H2,11,14,17). The lowest BCUT2D eigenvalue weighted by molar-refractivity contribution is -0.139. The largest absolute Gasteiger partial charge is 0.480 e. The maximum atomic E-state index is 11.4. The Morgan fingerprint density at radius 2 is 2.39 bits per heavy atom. The number of nitrogens with zero attached hydrogens (tertiary/aromatic N) is 2. The van der Waals surface area contributed by atoms with Crippen molar-refractivity contribution in [1.29, 1.82) is 0 Å². The molecule has 0 fully saturated rings. The molecule has 1 rings (SSSR count). The lowest BCUT2D eigenvalue weighted by atomic mass is 10.2. The average molecular weight is 254 g/mol. The van der Waals surface area contributed by atoms with Crippen molar-refractivity contribution in [3.63, 3.8) is 0 Å². The molecule has 8 nitrogen and oxygen atoms in total. The second kappa shape index (κ2) is 7.05. The first kappa shape index (κ1) is 13.7. The number of amides is 2. The van der Waals surface area contributed by atoms with Crippen LogP contribution in [-0.2, 0) is 11.2 Å². The molecule has 0 aliphatic heterocycles. The van der Waals surface area contributed by atoms with Crippen LogP contribution < -0.4 is 10.6 Å². The average Bonchev–Trinajstić information content (AvgIpc) is 2.81. The third kappa shape index (κ3) is 4.64. The first-order chi connectivity index (χ1) is 8.63. The molecule has 1 aromatic heterocycles. The fourth-order valence-corrected chi connectivity index (χ4v) is 1.19. The highest BCUT2D eigenvalue weighted by Gasteiger charge is 2.17. The van der Waals surface area contributed by atoms with Crippen LogP contribution in [0.3, 0.4) is 0 Å². The molecule has 0 aromatic carbocycles. The number of hydrogen-bond donors (Lipinski definition) is 3. The molecule has 0 radical (unpaired) electrons. The van der Waals surface area contributed by atoms with Gasteiger partial charge in [-0.1, -0.05) is 11.2 Å². The second-order valence-electron chi connectivity index (χ2n) is 3.40. The Morgan fingerprint density at radius 1 is 1.61 bits per heavy atom. The molecule has 0 saturated carbocycles. The van der Waals surface area contributed by atoms with E-state index in [1.807, 2.05) is 0 Å². The van der Waals surface area contributed by atoms with E-state index in [0.717, 1.165) is 0 Å². The van der Waals surface area contributed by atoms with Crippen LogP contribution in [0.1, 0.15) is 12.3 Å². The number of aromatic nitrogens is 2. The van der Waals surface area contributed by atoms with E-state index in [-0.39, 0.29) is 13.0 Å². The van der Waals surface area contributed by atoms with Gasteiger partial charge < -0.3 is 20.3 Å². The van der Waals surface area contributed by atoms with E-state index in [4.69, 9.17) is 9.63 Å². The van der Waals surface area contributed by atoms with Crippen molar-refractivity contribution in [3.8, 4) is 0 Å². The van der Waals surface area contributed by atoms with Crippen LogP contribution in [0.4, 0.5) is 4.79 Å². The summed E-state index contributed by atoms with van der Waals surface area (Å²) >= 11 is 0. The minimum absolute atomic E-state index is 0.159. The van der Waals surface area contributed by atoms with Gasteiger partial charge in [0.2, 0.25) is 5.89 Å². The number of rotatable bonds is 7. The molecule has 1 unspecified atom stereocenters. The molecule has 98 valence electrons. The Hall–Kier alpha value is -2.38. The molecule has 0 spiro atoms. The zero-order valence-electron chi connectivity index (χ0n) is 9.63. The highest BCUT2D eigenvalue weighted by atomic mass is 16.5. The van der Waals surface area contributed by atoms with Crippen molar-refractivity contribution >= 4 is 12.0 Å². The first-order valence-corrected chi connectivity index (χ1v) is 5.27. The molecule has 1 heterocycles. The van der Waals surface area contributed by atoms with Gasteiger partial charge in [0.1, 0.15) is 6.04 Å². The molecular weight excluding hydrogens is 240 g/mol. The third-order valence-corrected chi connectivity index (χ3v) is 2.04. The number of carbonyl (C=O) groups excluding carboxylic acids is 1. The van der Waals surface area contributed by atoms with Crippen LogP contribution in [0, 0.1) is 0 Å². The molecule has 2 amide bonds. The Labute approximate surface area is 103 Å². The maximum absolute atomic E-state index is 11.4. The molecule has 1 aromatic rings. The predicted molar refractivity (Wildman–Crippen MR) is 60.8 cm³/mol. The lowest BCUT2D eigenvalue weighted by Crippen LogP contribution is -2.46. The van der Waals surface area contributed by atoms with E-state index in [2.05, 4.69) is 27.4 Å². The summed E-state index contributed by atoms with van der Waals surface area (Å²) in [4.78, 5) is 25.9. The maximum Gasteiger partial charge on any atom is 0.326 e. The smallest absolute Gasteiger partial charge is 0.326 e. The van der Waals surface area contributed by atoms with Gasteiger partial charge in [0, 0.05) is 13.0 Å². The molecule has 0 bridgehead atoms. The highest BCUT2D eigenvalue weighted by molar-refractivity contribution is 5.82. The van der Waals surface area contributed by atoms with Gasteiger partial charge in [0.05, 0.1) is 0 Å². The van der Waals surface area contributed by atoms with Gasteiger partial charge in [-0.25, -0.2) is 9.59 Å². The van der Waals surface area contributed by atoms with Gasteiger partial charge in [-0.2, -0.15) is 4.98 Å². The van der Waals surface area contributed by atoms with Crippen molar-refractivity contribution in [1.82, 2.24) is 20.8 Å². The summed E-state index contributed by atoms with van der Waals surface area (Å²) in [5, 5.41) is 17.0. The summed E-state index contributed by atoms with van der Waals surface area (Å²) in [6.45, 7) is 3.70. The SMILES string of the molecule is C=CCC(NC(=O)NCCc1ncno1)C(=O)O. The van der Waals surface area contributed by atoms with E-state index < -0.39 is 18.0 Å². The van der Waals surface area contributed by atoms with Gasteiger partial charge in [-0.15, -0.1) is 6.58 Å². The van der Waals surface area contributed by atoms with E-state index in [9.17, 15) is 9.59 Å². The van der Waals surface area contributed by atoms with Crippen LogP contribution in [-0.4, -0.2) is 39.8 Å². The molecule has 0 aliphatic carbocycles. The number of nitrogens with one attached hydrogen (secondary N) is 2. The first-order valence-electron chi connectivity index (χ1n) is 5.27. The summed E-state index contributed by atoms with van der Waals surface area (Å²) in [7, 11) is 0. The molecule has 3 N–H and O–H groups in total. The Bertz CT molecular complexity index is 404. The Morgan fingerprint density at radius 3 is 2.94 bits per heavy atom. The minimum atomic E-state index is -1.11. The minimum Gasteiger partial charge on any atom is -0.480 e. The lowest BCUT2D eigenvalue weighted by Gasteiger charge is -2.12. The van der Waals surface area contributed by atoms with Gasteiger partial charge in [0.15, 0.2) is 6.33 Å². The molecule has 1 atom stereocenters. The predicted octanol–water partition coefficient (Wildman–Crippen LogP) is -0.0594. The number of carboxylic acids is 1. The summed E-state index contributed by atoms with van der Waals surface area (Å²) in [6.07, 6.45) is 3.23. The van der Waals surface area contributed by atoms with E-state index in [1.165, 1.54) is 12.4 Å². The van der Waals surface area contributed by atoms with Gasteiger partial charge in [0.25, 0.3) is 0 Å². The molecule has 8 heteroatoms. The summed E-state index contributed by atoms with van der Waals surface area (Å²) in [5.74, 6) is -0.710. The Kier molecular flexibility index (Phi) is 5.36. The van der Waals surface area contributed by atoms with Crippen LogP contribution in [0.25, 0.3) is 0 Å². The van der Waals surface area contributed by atoms with Crippen LogP contribution in [0.2, 0.25) is 0 Å². The van der Waals surface area contributed by atoms with Gasteiger partial charge in [-0.05, 0) is 6.42 Å². The number of carboxylic acid groups (broad SMARTS) is 1. The molecule has 0 aliphatic rings. The topological polar surface area (TPSA) is 117 Å². The molecule has 0 saturated heterocycles. The highest BCUT2D eigenvalue weighted by Crippen LogP contribution is 1.93. The normalized spacial score (nSPS) is 11.6. The van der Waals surface area contributed by atoms with Crippen LogP contribution in [0.5, 0.6) is 0 Å². The van der Waals surface area contributed by atoms with Crippen LogP contribution in [0.15, 0.2) is 23.5 Å². The molecular formula is C10H14N4O4. The Balaban J connectivity index is 2.27. The van der Waals surface area contributed by atoms with Gasteiger partial charge >= 0.3 is 12.0 Å². The number of hydrogen-bond acceptors (Lipinski definition) is 5. The second-order valence-corrected chi connectivity index (χ2v) is 3.40. The van der Waals surface area contributed by atoms with E-state index in [1.54, 1.807) is 0 Å². The number of carbonyl (C=O) groups is 2. The van der Waals surface area contributed by atoms with Gasteiger partial charge in [-0.3, -0.25) is 0 Å². The number of aliphatic carboxylic acids is 1. The van der Waals surface area contributed by atoms with Crippen molar-refractivity contribution in [2.75, 3.05) is 6.54 Å². The zero-order valence-corrected chi connectivity index (χ0v) is 9.63.